The molecule has 0 N–H and O–H groups in total. The zero-order chi connectivity index (χ0) is 16.7. The van der Waals surface area contributed by atoms with E-state index in [2.05, 4.69) is 0 Å². The summed E-state index contributed by atoms with van der Waals surface area (Å²) in [6, 6.07) is 19.0. The molecule has 2 rings (SSSR count). The van der Waals surface area contributed by atoms with Crippen LogP contribution >= 0.6 is 0 Å². The average Bonchev–Trinajstić information content (AvgIpc) is 2.57. The van der Waals surface area contributed by atoms with Crippen LogP contribution < -0.4 is 9.80 Å². The predicted molar refractivity (Wildman–Crippen MR) is 93.6 cm³/mol. The van der Waals surface area contributed by atoms with Gasteiger partial charge in [-0.2, -0.15) is 0 Å². The van der Waals surface area contributed by atoms with Crippen LogP contribution in [0, 0.1) is 0 Å². The van der Waals surface area contributed by atoms with Gasteiger partial charge in [0.2, 0.25) is 11.8 Å². The van der Waals surface area contributed by atoms with Gasteiger partial charge in [-0.05, 0) is 31.2 Å². The number of carbonyl (C=O) groups is 2. The molecular weight excluding hydrogens is 288 g/mol. The second-order valence-corrected chi connectivity index (χ2v) is 5.23. The number of hydrogen-bond acceptors (Lipinski definition) is 2. The van der Waals surface area contributed by atoms with E-state index < -0.39 is 0 Å². The first-order valence-electron chi connectivity index (χ1n) is 7.82. The molecule has 0 fully saturated rings. The highest BCUT2D eigenvalue weighted by molar-refractivity contribution is 5.96. The fourth-order valence-corrected chi connectivity index (χ4v) is 2.53. The van der Waals surface area contributed by atoms with Gasteiger partial charge in [0.15, 0.2) is 0 Å². The lowest BCUT2D eigenvalue weighted by molar-refractivity contribution is -0.118. The summed E-state index contributed by atoms with van der Waals surface area (Å²) in [5.41, 5.74) is 1.70. The lowest BCUT2D eigenvalue weighted by Crippen LogP contribution is -2.36. The average molecular weight is 310 g/mol. The smallest absolute Gasteiger partial charge is 0.228 e. The van der Waals surface area contributed by atoms with Crippen LogP contribution in [-0.4, -0.2) is 24.9 Å². The first kappa shape index (κ1) is 16.7. The van der Waals surface area contributed by atoms with Gasteiger partial charge in [0.1, 0.15) is 0 Å². The van der Waals surface area contributed by atoms with Gasteiger partial charge in [0, 0.05) is 37.8 Å². The Balaban J connectivity index is 2.05. The van der Waals surface area contributed by atoms with E-state index in [1.807, 2.05) is 67.6 Å². The quantitative estimate of drug-likeness (QED) is 0.819. The summed E-state index contributed by atoms with van der Waals surface area (Å²) < 4.78 is 0. The third kappa shape index (κ3) is 4.42. The van der Waals surface area contributed by atoms with Gasteiger partial charge in [-0.15, -0.1) is 0 Å². The van der Waals surface area contributed by atoms with Crippen LogP contribution in [0.2, 0.25) is 0 Å². The molecule has 0 aliphatic heterocycles. The predicted octanol–water partition coefficient (Wildman–Crippen LogP) is 3.48. The zero-order valence-corrected chi connectivity index (χ0v) is 13.6. The van der Waals surface area contributed by atoms with Crippen molar-refractivity contribution < 1.29 is 9.59 Å². The third-order valence-electron chi connectivity index (χ3n) is 3.68. The molecule has 2 aromatic carbocycles. The molecule has 0 spiro atoms. The van der Waals surface area contributed by atoms with Gasteiger partial charge in [-0.3, -0.25) is 9.59 Å². The Bertz CT molecular complexity index is 641. The summed E-state index contributed by atoms with van der Waals surface area (Å²) in [6.45, 7) is 4.45. The van der Waals surface area contributed by atoms with Gasteiger partial charge < -0.3 is 9.80 Å². The van der Waals surface area contributed by atoms with Crippen LogP contribution in [0.4, 0.5) is 11.4 Å². The summed E-state index contributed by atoms with van der Waals surface area (Å²) in [5, 5.41) is 0. The van der Waals surface area contributed by atoms with Crippen LogP contribution in [0.3, 0.4) is 0 Å². The minimum absolute atomic E-state index is 0.0147. The zero-order valence-electron chi connectivity index (χ0n) is 13.6. The number of nitrogens with zero attached hydrogens (tertiary/aromatic N) is 2. The molecule has 2 amide bonds. The highest BCUT2D eigenvalue weighted by atomic mass is 16.2. The Morgan fingerprint density at radius 3 is 1.74 bits per heavy atom. The number of amides is 2. The normalized spacial score (nSPS) is 10.2. The van der Waals surface area contributed by atoms with Gasteiger partial charge >= 0.3 is 0 Å². The molecular formula is C19H22N2O2. The summed E-state index contributed by atoms with van der Waals surface area (Å²) in [4.78, 5) is 27.8. The fourth-order valence-electron chi connectivity index (χ4n) is 2.53. The molecule has 120 valence electrons. The van der Waals surface area contributed by atoms with E-state index in [0.29, 0.717) is 13.1 Å². The fraction of sp³-hybridized carbons (Fsp3) is 0.263. The molecule has 0 saturated heterocycles. The maximum absolute atomic E-state index is 12.5. The number of anilines is 2. The first-order valence-corrected chi connectivity index (χ1v) is 7.82. The Labute approximate surface area is 137 Å². The largest absolute Gasteiger partial charge is 0.313 e. The Morgan fingerprint density at radius 2 is 1.30 bits per heavy atom. The van der Waals surface area contributed by atoms with Crippen LogP contribution in [0.15, 0.2) is 60.7 Å². The monoisotopic (exact) mass is 310 g/mol. The van der Waals surface area contributed by atoms with Gasteiger partial charge in [0.05, 0.1) is 0 Å². The maximum atomic E-state index is 12.5. The van der Waals surface area contributed by atoms with E-state index in [4.69, 9.17) is 0 Å². The summed E-state index contributed by atoms with van der Waals surface area (Å²) in [7, 11) is 0. The minimum atomic E-state index is -0.0632. The SMILES string of the molecule is CCN(C(=O)CCN(C(C)=O)c1ccccc1)c1ccccc1. The standard InChI is InChI=1S/C19H22N2O2/c1-3-20(17-10-6-4-7-11-17)19(23)14-15-21(16(2)22)18-12-8-5-9-13-18/h4-13H,3,14-15H2,1-2H3. The van der Waals surface area contributed by atoms with E-state index in [-0.39, 0.29) is 18.2 Å². The van der Waals surface area contributed by atoms with Crippen molar-refractivity contribution in [1.29, 1.82) is 0 Å². The lowest BCUT2D eigenvalue weighted by atomic mass is 10.2. The van der Waals surface area contributed by atoms with Gasteiger partial charge in [0.25, 0.3) is 0 Å². The molecule has 0 atom stereocenters. The Hall–Kier alpha value is -2.62. The van der Waals surface area contributed by atoms with Gasteiger partial charge in [-0.25, -0.2) is 0 Å². The van der Waals surface area contributed by atoms with E-state index in [1.165, 1.54) is 6.92 Å². The van der Waals surface area contributed by atoms with Crippen LogP contribution in [-0.2, 0) is 9.59 Å². The van der Waals surface area contributed by atoms with E-state index in [1.54, 1.807) is 9.80 Å². The van der Waals surface area contributed by atoms with Crippen LogP contribution in [0.5, 0.6) is 0 Å². The number of rotatable bonds is 6. The maximum Gasteiger partial charge on any atom is 0.228 e. The molecule has 0 aliphatic rings. The van der Waals surface area contributed by atoms with E-state index in [9.17, 15) is 9.59 Å². The molecule has 0 aliphatic carbocycles. The molecule has 4 nitrogen and oxygen atoms in total. The minimum Gasteiger partial charge on any atom is -0.313 e. The lowest BCUT2D eigenvalue weighted by Gasteiger charge is -2.24. The molecule has 4 heteroatoms. The Kier molecular flexibility index (Phi) is 5.92. The van der Waals surface area contributed by atoms with Gasteiger partial charge in [-0.1, -0.05) is 36.4 Å². The molecule has 0 radical (unpaired) electrons. The van der Waals surface area contributed by atoms with Crippen molar-refractivity contribution in [3.63, 3.8) is 0 Å². The molecule has 0 unspecified atom stereocenters. The molecule has 0 heterocycles. The number of benzene rings is 2. The van der Waals surface area contributed by atoms with Crippen molar-refractivity contribution in [3.05, 3.63) is 60.7 Å². The molecule has 0 aromatic heterocycles. The highest BCUT2D eigenvalue weighted by Crippen LogP contribution is 2.17. The van der Waals surface area contributed by atoms with Crippen LogP contribution in [0.1, 0.15) is 20.3 Å². The number of hydrogen-bond donors (Lipinski definition) is 0. The van der Waals surface area contributed by atoms with E-state index >= 15 is 0 Å². The first-order chi connectivity index (χ1) is 11.1. The third-order valence-corrected chi connectivity index (χ3v) is 3.68. The van der Waals surface area contributed by atoms with E-state index in [0.717, 1.165) is 11.4 Å². The van der Waals surface area contributed by atoms with Crippen LogP contribution in [0.25, 0.3) is 0 Å². The second kappa shape index (κ2) is 8.13. The van der Waals surface area contributed by atoms with Crippen molar-refractivity contribution in [3.8, 4) is 0 Å². The molecule has 2 aromatic rings. The van der Waals surface area contributed by atoms with Crippen molar-refractivity contribution in [2.45, 2.75) is 20.3 Å². The van der Waals surface area contributed by atoms with Crippen molar-refractivity contribution in [1.82, 2.24) is 0 Å². The second-order valence-electron chi connectivity index (χ2n) is 5.23. The van der Waals surface area contributed by atoms with Crippen molar-refractivity contribution in [2.24, 2.45) is 0 Å². The van der Waals surface area contributed by atoms with Crippen molar-refractivity contribution >= 4 is 23.2 Å². The summed E-state index contributed by atoms with van der Waals surface area (Å²) in [5.74, 6) is -0.0485. The van der Waals surface area contributed by atoms with Crippen molar-refractivity contribution in [2.75, 3.05) is 22.9 Å². The highest BCUT2D eigenvalue weighted by Gasteiger charge is 2.17. The number of para-hydroxylation sites is 2. The summed E-state index contributed by atoms with van der Waals surface area (Å²) in [6.07, 6.45) is 0.289. The molecule has 0 bridgehead atoms. The topological polar surface area (TPSA) is 40.6 Å². The Morgan fingerprint density at radius 1 is 0.826 bits per heavy atom. The number of carbonyl (C=O) groups excluding carboxylic acids is 2. The molecule has 23 heavy (non-hydrogen) atoms. The summed E-state index contributed by atoms with van der Waals surface area (Å²) >= 11 is 0. The molecule has 0 saturated carbocycles.